The average Bonchev–Trinajstić information content (AvgIpc) is 2.38. The predicted octanol–water partition coefficient (Wildman–Crippen LogP) is -0.249. The third kappa shape index (κ3) is 3.87. The van der Waals surface area contributed by atoms with Crippen molar-refractivity contribution < 1.29 is 18.3 Å². The Balaban J connectivity index is 2.97. The highest BCUT2D eigenvalue weighted by Gasteiger charge is 2.26. The fraction of sp³-hybridized carbons (Fsp3) is 0.545. The van der Waals surface area contributed by atoms with E-state index in [9.17, 15) is 13.5 Å². The lowest BCUT2D eigenvalue weighted by Crippen LogP contribution is -2.36. The van der Waals surface area contributed by atoms with Gasteiger partial charge < -0.3 is 15.2 Å². The minimum absolute atomic E-state index is 0.0596. The number of hydrogen-bond donors (Lipinski definition) is 2. The maximum atomic E-state index is 12.3. The van der Waals surface area contributed by atoms with Gasteiger partial charge >= 0.3 is 0 Å². The first-order valence-electron chi connectivity index (χ1n) is 5.69. The molecule has 0 fully saturated rings. The zero-order valence-electron chi connectivity index (χ0n) is 11.2. The second-order valence-corrected chi connectivity index (χ2v) is 5.96. The van der Waals surface area contributed by atoms with Crippen LogP contribution in [0, 0.1) is 0 Å². The number of nitrogens with one attached hydrogen (secondary N) is 1. The molecule has 0 radical (unpaired) electrons. The van der Waals surface area contributed by atoms with Crippen LogP contribution < -0.4 is 5.32 Å². The molecule has 108 valence electrons. The molecule has 1 aromatic heterocycles. The number of rotatable bonds is 7. The largest absolute Gasteiger partial charge is 0.389 e. The normalized spacial score (nSPS) is 13.5. The van der Waals surface area contributed by atoms with Gasteiger partial charge in [0, 0.05) is 33.9 Å². The van der Waals surface area contributed by atoms with Crippen molar-refractivity contribution in [2.45, 2.75) is 11.1 Å². The van der Waals surface area contributed by atoms with Crippen LogP contribution in [0.15, 0.2) is 23.4 Å². The van der Waals surface area contributed by atoms with Crippen LogP contribution in [0.1, 0.15) is 0 Å². The van der Waals surface area contributed by atoms with Crippen molar-refractivity contribution in [1.29, 1.82) is 0 Å². The van der Waals surface area contributed by atoms with Gasteiger partial charge in [0.15, 0.2) is 5.03 Å². The molecule has 0 amide bonds. The monoisotopic (exact) mass is 289 g/mol. The van der Waals surface area contributed by atoms with Crippen LogP contribution >= 0.6 is 0 Å². The van der Waals surface area contributed by atoms with Crippen molar-refractivity contribution in [2.24, 2.45) is 0 Å². The summed E-state index contributed by atoms with van der Waals surface area (Å²) in [6.45, 7) is 0.0108. The van der Waals surface area contributed by atoms with E-state index < -0.39 is 16.1 Å². The molecule has 1 unspecified atom stereocenters. The van der Waals surface area contributed by atoms with Crippen molar-refractivity contribution in [3.63, 3.8) is 0 Å². The van der Waals surface area contributed by atoms with Crippen molar-refractivity contribution >= 4 is 15.7 Å². The molecular formula is C11H19N3O4S. The van der Waals surface area contributed by atoms with Gasteiger partial charge in [0.25, 0.3) is 10.0 Å². The maximum Gasteiger partial charge on any atom is 0.262 e. The SMILES string of the molecule is CNc1cccnc1S(=O)(=O)N(C)CC(O)COC. The molecule has 0 saturated heterocycles. The molecule has 1 aromatic rings. The predicted molar refractivity (Wildman–Crippen MR) is 71.5 cm³/mol. The summed E-state index contributed by atoms with van der Waals surface area (Å²) >= 11 is 0. The molecule has 2 N–H and O–H groups in total. The molecule has 0 aliphatic carbocycles. The molecule has 0 saturated carbocycles. The average molecular weight is 289 g/mol. The number of likely N-dealkylation sites (N-methyl/N-ethyl adjacent to an activating group) is 1. The second-order valence-electron chi connectivity index (χ2n) is 4.00. The molecule has 0 aliphatic heterocycles. The Morgan fingerprint density at radius 1 is 1.58 bits per heavy atom. The van der Waals surface area contributed by atoms with Crippen LogP contribution in [-0.2, 0) is 14.8 Å². The van der Waals surface area contributed by atoms with Crippen molar-refractivity contribution in [2.75, 3.05) is 39.7 Å². The Bertz CT molecular complexity index is 506. The highest BCUT2D eigenvalue weighted by atomic mass is 32.2. The van der Waals surface area contributed by atoms with E-state index in [4.69, 9.17) is 4.74 Å². The highest BCUT2D eigenvalue weighted by Crippen LogP contribution is 2.20. The van der Waals surface area contributed by atoms with Gasteiger partial charge in [-0.3, -0.25) is 0 Å². The van der Waals surface area contributed by atoms with Crippen LogP contribution in [0.3, 0.4) is 0 Å². The minimum atomic E-state index is -3.75. The summed E-state index contributed by atoms with van der Waals surface area (Å²) in [6.07, 6.45) is 0.527. The number of aliphatic hydroxyl groups excluding tert-OH is 1. The van der Waals surface area contributed by atoms with Gasteiger partial charge in [0.2, 0.25) is 0 Å². The van der Waals surface area contributed by atoms with Crippen molar-refractivity contribution in [1.82, 2.24) is 9.29 Å². The Hall–Kier alpha value is -1.22. The summed E-state index contributed by atoms with van der Waals surface area (Å²) in [7, 11) is 0.701. The van der Waals surface area contributed by atoms with Gasteiger partial charge in [-0.25, -0.2) is 13.4 Å². The number of ether oxygens (including phenoxy) is 1. The molecule has 7 nitrogen and oxygen atoms in total. The number of aromatic nitrogens is 1. The lowest BCUT2D eigenvalue weighted by atomic mass is 10.4. The van der Waals surface area contributed by atoms with Crippen LogP contribution in [0.5, 0.6) is 0 Å². The zero-order valence-corrected chi connectivity index (χ0v) is 12.0. The van der Waals surface area contributed by atoms with Gasteiger partial charge in [0.05, 0.1) is 18.4 Å². The van der Waals surface area contributed by atoms with Gasteiger partial charge in [-0.05, 0) is 12.1 Å². The third-order valence-electron chi connectivity index (χ3n) is 2.52. The first-order valence-corrected chi connectivity index (χ1v) is 7.13. The number of anilines is 1. The standard InChI is InChI=1S/C11H19N3O4S/c1-12-10-5-4-6-13-11(10)19(16,17)14(2)7-9(15)8-18-3/h4-6,9,12,15H,7-8H2,1-3H3. The molecule has 1 rings (SSSR count). The molecule has 0 aromatic carbocycles. The lowest BCUT2D eigenvalue weighted by molar-refractivity contribution is 0.0554. The fourth-order valence-electron chi connectivity index (χ4n) is 1.57. The smallest absolute Gasteiger partial charge is 0.262 e. The van der Waals surface area contributed by atoms with Crippen molar-refractivity contribution in [3.05, 3.63) is 18.3 Å². The fourth-order valence-corrected chi connectivity index (χ4v) is 2.88. The molecule has 1 heterocycles. The van der Waals surface area contributed by atoms with E-state index in [0.29, 0.717) is 5.69 Å². The Kier molecular flexibility index (Phi) is 5.67. The van der Waals surface area contributed by atoms with E-state index in [0.717, 1.165) is 4.31 Å². The summed E-state index contributed by atoms with van der Waals surface area (Å²) < 4.78 is 30.5. The van der Waals surface area contributed by atoms with Crippen LogP contribution in [0.4, 0.5) is 5.69 Å². The first-order chi connectivity index (χ1) is 8.93. The second kappa shape index (κ2) is 6.80. The van der Waals surface area contributed by atoms with Crippen molar-refractivity contribution in [3.8, 4) is 0 Å². The quantitative estimate of drug-likeness (QED) is 0.719. The third-order valence-corrected chi connectivity index (χ3v) is 4.31. The number of aliphatic hydroxyl groups is 1. The highest BCUT2D eigenvalue weighted by molar-refractivity contribution is 7.89. The summed E-state index contributed by atoms with van der Waals surface area (Å²) in [5.41, 5.74) is 0.413. The van der Waals surface area contributed by atoms with E-state index >= 15 is 0 Å². The number of pyridine rings is 1. The minimum Gasteiger partial charge on any atom is -0.389 e. The van der Waals surface area contributed by atoms with E-state index in [1.807, 2.05) is 0 Å². The number of sulfonamides is 1. The molecule has 1 atom stereocenters. The Morgan fingerprint density at radius 3 is 2.84 bits per heavy atom. The molecule has 0 aliphatic rings. The van der Waals surface area contributed by atoms with Gasteiger partial charge in [0.1, 0.15) is 0 Å². The summed E-state index contributed by atoms with van der Waals surface area (Å²) in [5.74, 6) is 0. The summed E-state index contributed by atoms with van der Waals surface area (Å²) in [6, 6.07) is 3.27. The van der Waals surface area contributed by atoms with E-state index in [-0.39, 0.29) is 18.2 Å². The summed E-state index contributed by atoms with van der Waals surface area (Å²) in [4.78, 5) is 3.89. The molecule has 0 spiro atoms. The maximum absolute atomic E-state index is 12.3. The lowest BCUT2D eigenvalue weighted by Gasteiger charge is -2.20. The van der Waals surface area contributed by atoms with Gasteiger partial charge in [-0.15, -0.1) is 0 Å². The number of nitrogens with zero attached hydrogens (tertiary/aromatic N) is 2. The topological polar surface area (TPSA) is 91.8 Å². The molecule has 8 heteroatoms. The number of methoxy groups -OCH3 is 1. The number of hydrogen-bond acceptors (Lipinski definition) is 6. The molecular weight excluding hydrogens is 270 g/mol. The Labute approximate surface area is 113 Å². The van der Waals surface area contributed by atoms with Gasteiger partial charge in [-0.1, -0.05) is 0 Å². The first kappa shape index (κ1) is 15.8. The molecule has 0 bridgehead atoms. The van der Waals surface area contributed by atoms with Crippen LogP contribution in [-0.4, -0.2) is 63.3 Å². The van der Waals surface area contributed by atoms with E-state index in [1.54, 1.807) is 19.2 Å². The molecule has 19 heavy (non-hydrogen) atoms. The zero-order chi connectivity index (χ0) is 14.5. The Morgan fingerprint density at radius 2 is 2.26 bits per heavy atom. The van der Waals surface area contributed by atoms with Gasteiger partial charge in [-0.2, -0.15) is 4.31 Å². The summed E-state index contributed by atoms with van der Waals surface area (Å²) in [5, 5.41) is 12.3. The van der Waals surface area contributed by atoms with E-state index in [2.05, 4.69) is 10.3 Å². The van der Waals surface area contributed by atoms with Crippen LogP contribution in [0.2, 0.25) is 0 Å². The van der Waals surface area contributed by atoms with E-state index in [1.165, 1.54) is 20.4 Å². The van der Waals surface area contributed by atoms with Crippen LogP contribution in [0.25, 0.3) is 0 Å².